The average molecular weight is 689 g/mol. The number of amides is 4. The van der Waals surface area contributed by atoms with E-state index in [1.54, 1.807) is 55.5 Å². The van der Waals surface area contributed by atoms with Gasteiger partial charge in [0.15, 0.2) is 0 Å². The highest BCUT2D eigenvalue weighted by Crippen LogP contribution is 2.64. The third-order valence-corrected chi connectivity index (χ3v) is 10.6. The number of hydrogen-bond donors (Lipinski definition) is 1. The molecule has 6 atom stereocenters. The summed E-state index contributed by atoms with van der Waals surface area (Å²) in [6.45, 7) is 1.80. The van der Waals surface area contributed by atoms with Gasteiger partial charge in [-0.05, 0) is 90.7 Å². The molecule has 3 aromatic carbocycles. The molecule has 0 radical (unpaired) electrons. The first kappa shape index (κ1) is 27.8. The minimum Gasteiger partial charge on any atom is -0.508 e. The Labute approximate surface area is 262 Å². The van der Waals surface area contributed by atoms with E-state index in [1.807, 2.05) is 24.3 Å². The number of rotatable bonds is 4. The number of aromatic hydroxyl groups is 1. The molecule has 4 amide bonds. The van der Waals surface area contributed by atoms with Gasteiger partial charge in [-0.3, -0.25) is 24.1 Å². The number of ether oxygens (including phenoxy) is 1. The zero-order chi connectivity index (χ0) is 30.2. The molecule has 43 heavy (non-hydrogen) atoms. The lowest BCUT2D eigenvalue weighted by molar-refractivity contribution is -0.131. The second kappa shape index (κ2) is 10.0. The fourth-order valence-electron chi connectivity index (χ4n) is 7.92. The molecule has 4 aliphatic rings. The van der Waals surface area contributed by atoms with E-state index in [9.17, 15) is 24.3 Å². The third kappa shape index (κ3) is 3.93. The number of benzene rings is 3. The summed E-state index contributed by atoms with van der Waals surface area (Å²) in [6, 6.07) is 21.1. The number of para-hydroxylation sites is 1. The second-order valence-corrected chi connectivity index (χ2v) is 13.2. The lowest BCUT2D eigenvalue weighted by atomic mass is 9.51. The smallest absolute Gasteiger partial charge is 0.241 e. The van der Waals surface area contributed by atoms with Crippen molar-refractivity contribution in [2.75, 3.05) is 16.9 Å². The quantitative estimate of drug-likeness (QED) is 0.223. The number of nitrogens with zero attached hydrogens (tertiary/aromatic N) is 2. The van der Waals surface area contributed by atoms with Crippen molar-refractivity contribution in [2.24, 2.45) is 29.1 Å². The van der Waals surface area contributed by atoms with Crippen molar-refractivity contribution in [1.82, 2.24) is 0 Å². The van der Waals surface area contributed by atoms with Crippen LogP contribution >= 0.6 is 22.6 Å². The maximum atomic E-state index is 14.4. The van der Waals surface area contributed by atoms with E-state index in [0.29, 0.717) is 29.1 Å². The van der Waals surface area contributed by atoms with E-state index in [0.717, 1.165) is 9.14 Å². The predicted octanol–water partition coefficient (Wildman–Crippen LogP) is 5.44. The zero-order valence-corrected chi connectivity index (χ0v) is 25.7. The topological polar surface area (TPSA) is 104 Å². The highest BCUT2D eigenvalue weighted by Gasteiger charge is 2.68. The number of anilines is 2. The number of phenols is 1. The number of hydrogen-bond acceptors (Lipinski definition) is 6. The molecule has 2 aliphatic heterocycles. The standard InChI is InChI=1S/C34H29IN2O6/c1-34-26(31(40)37(33(34)42)19-6-4-3-5-7-19)17-25-22(29(34)23-13-12-21(43-2)16-27(23)38)14-15-24-28(25)32(41)36(30(24)39)20-10-8-18(35)9-11-20/h3-14,16,24-26,28-29,38H,15,17H2,1-2H3. The number of phenolic OH excluding ortho intramolecular Hbond substituents is 1. The van der Waals surface area contributed by atoms with Gasteiger partial charge in [-0.1, -0.05) is 35.9 Å². The molecule has 3 fully saturated rings. The molecule has 0 spiro atoms. The van der Waals surface area contributed by atoms with Crippen LogP contribution in [0.2, 0.25) is 0 Å². The highest BCUT2D eigenvalue weighted by molar-refractivity contribution is 14.1. The highest BCUT2D eigenvalue weighted by atomic mass is 127. The molecule has 7 rings (SSSR count). The van der Waals surface area contributed by atoms with Crippen LogP contribution in [0.1, 0.15) is 31.2 Å². The summed E-state index contributed by atoms with van der Waals surface area (Å²) in [5.74, 6) is -3.95. The molecule has 6 unspecified atom stereocenters. The summed E-state index contributed by atoms with van der Waals surface area (Å²) in [7, 11) is 1.51. The summed E-state index contributed by atoms with van der Waals surface area (Å²) >= 11 is 2.18. The molecule has 8 nitrogen and oxygen atoms in total. The molecule has 2 heterocycles. The largest absolute Gasteiger partial charge is 0.508 e. The molecule has 2 saturated heterocycles. The van der Waals surface area contributed by atoms with Crippen LogP contribution in [-0.2, 0) is 19.2 Å². The lowest BCUT2D eigenvalue weighted by Crippen LogP contribution is -2.48. The SMILES string of the molecule is COc1ccc(C2C3=CCC4C(=O)N(c5ccc(I)cc5)C(=O)C4C3CC3C(=O)N(c4ccccc4)C(=O)C32C)c(O)c1. The van der Waals surface area contributed by atoms with E-state index in [1.165, 1.54) is 23.0 Å². The van der Waals surface area contributed by atoms with Crippen molar-refractivity contribution in [1.29, 1.82) is 0 Å². The van der Waals surface area contributed by atoms with Crippen molar-refractivity contribution >= 4 is 57.6 Å². The van der Waals surface area contributed by atoms with Gasteiger partial charge < -0.3 is 9.84 Å². The van der Waals surface area contributed by atoms with Crippen LogP contribution in [0.25, 0.3) is 0 Å². The zero-order valence-electron chi connectivity index (χ0n) is 23.6. The summed E-state index contributed by atoms with van der Waals surface area (Å²) in [4.78, 5) is 59.0. The minimum absolute atomic E-state index is 0.0549. The molecule has 9 heteroatoms. The summed E-state index contributed by atoms with van der Waals surface area (Å²) in [5.41, 5.74) is 1.10. The molecule has 1 saturated carbocycles. The van der Waals surface area contributed by atoms with Gasteiger partial charge >= 0.3 is 0 Å². The predicted molar refractivity (Wildman–Crippen MR) is 167 cm³/mol. The minimum atomic E-state index is -1.23. The Kier molecular flexibility index (Phi) is 6.50. The number of halogens is 1. The Balaban J connectivity index is 1.37. The van der Waals surface area contributed by atoms with E-state index < -0.39 is 35.0 Å². The van der Waals surface area contributed by atoms with Gasteiger partial charge in [0.05, 0.1) is 41.7 Å². The van der Waals surface area contributed by atoms with Crippen molar-refractivity contribution in [2.45, 2.75) is 25.7 Å². The molecule has 0 aromatic heterocycles. The van der Waals surface area contributed by atoms with Gasteiger partial charge in [0.25, 0.3) is 0 Å². The van der Waals surface area contributed by atoms with Crippen molar-refractivity contribution < 1.29 is 29.0 Å². The van der Waals surface area contributed by atoms with E-state index in [2.05, 4.69) is 22.6 Å². The molecular weight excluding hydrogens is 659 g/mol. The summed E-state index contributed by atoms with van der Waals surface area (Å²) in [5, 5.41) is 11.3. The third-order valence-electron chi connectivity index (χ3n) is 9.92. The Morgan fingerprint density at radius 1 is 0.860 bits per heavy atom. The normalized spacial score (nSPS) is 29.7. The fourth-order valence-corrected chi connectivity index (χ4v) is 8.28. The van der Waals surface area contributed by atoms with Gasteiger partial charge in [0.2, 0.25) is 23.6 Å². The summed E-state index contributed by atoms with van der Waals surface area (Å²) < 4.78 is 6.31. The first-order chi connectivity index (χ1) is 20.7. The summed E-state index contributed by atoms with van der Waals surface area (Å²) in [6.07, 6.45) is 2.57. The van der Waals surface area contributed by atoms with Crippen LogP contribution in [0, 0.1) is 32.7 Å². The molecule has 0 bridgehead atoms. The van der Waals surface area contributed by atoms with E-state index in [4.69, 9.17) is 4.74 Å². The van der Waals surface area contributed by atoms with Gasteiger partial charge in [0.1, 0.15) is 11.5 Å². The first-order valence-electron chi connectivity index (χ1n) is 14.3. The van der Waals surface area contributed by atoms with Crippen molar-refractivity contribution in [3.63, 3.8) is 0 Å². The molecular formula is C34H29IN2O6. The number of allylic oxidation sites excluding steroid dienone is 2. The van der Waals surface area contributed by atoms with Gasteiger partial charge in [-0.2, -0.15) is 0 Å². The van der Waals surface area contributed by atoms with Crippen LogP contribution in [0.5, 0.6) is 11.5 Å². The number of carbonyl (C=O) groups excluding carboxylic acids is 4. The van der Waals surface area contributed by atoms with Crippen LogP contribution in [-0.4, -0.2) is 35.8 Å². The average Bonchev–Trinajstić information content (AvgIpc) is 3.38. The van der Waals surface area contributed by atoms with Crippen LogP contribution in [0.15, 0.2) is 84.4 Å². The number of fused-ring (bicyclic) bond motifs is 4. The second-order valence-electron chi connectivity index (χ2n) is 11.9. The molecule has 218 valence electrons. The van der Waals surface area contributed by atoms with Crippen molar-refractivity contribution in [3.8, 4) is 11.5 Å². The van der Waals surface area contributed by atoms with Crippen LogP contribution < -0.4 is 14.5 Å². The molecule has 3 aromatic rings. The maximum absolute atomic E-state index is 14.4. The van der Waals surface area contributed by atoms with Gasteiger partial charge in [-0.15, -0.1) is 0 Å². The van der Waals surface area contributed by atoms with Crippen molar-refractivity contribution in [3.05, 3.63) is 93.6 Å². The Hall–Kier alpha value is -3.99. The maximum Gasteiger partial charge on any atom is 0.241 e. The van der Waals surface area contributed by atoms with E-state index in [-0.39, 0.29) is 35.8 Å². The number of methoxy groups -OCH3 is 1. The van der Waals surface area contributed by atoms with Crippen LogP contribution in [0.3, 0.4) is 0 Å². The monoisotopic (exact) mass is 688 g/mol. The Morgan fingerprint density at radius 3 is 2.23 bits per heavy atom. The van der Waals surface area contributed by atoms with Gasteiger partial charge in [0, 0.05) is 21.1 Å². The van der Waals surface area contributed by atoms with E-state index >= 15 is 0 Å². The molecule has 2 aliphatic carbocycles. The Morgan fingerprint density at radius 2 is 1.56 bits per heavy atom. The van der Waals surface area contributed by atoms with Gasteiger partial charge in [-0.25, -0.2) is 4.90 Å². The Bertz CT molecular complexity index is 1720. The fraction of sp³-hybridized carbons (Fsp3) is 0.294. The lowest BCUT2D eigenvalue weighted by Gasteiger charge is -2.49. The molecule has 1 N–H and O–H groups in total. The van der Waals surface area contributed by atoms with Crippen LogP contribution in [0.4, 0.5) is 11.4 Å². The number of imide groups is 2. The number of carbonyl (C=O) groups is 4. The first-order valence-corrected chi connectivity index (χ1v) is 15.4.